The maximum absolute atomic E-state index is 13.0. The summed E-state index contributed by atoms with van der Waals surface area (Å²) in [5.41, 5.74) is -0.113. The van der Waals surface area contributed by atoms with Crippen molar-refractivity contribution in [1.82, 2.24) is 4.90 Å². The van der Waals surface area contributed by atoms with Crippen LogP contribution in [0, 0.1) is 11.3 Å². The Balaban J connectivity index is 2.11. The quantitative estimate of drug-likeness (QED) is 0.915. The average Bonchev–Trinajstić information content (AvgIpc) is 2.68. The molecule has 2 atom stereocenters. The zero-order valence-corrected chi connectivity index (χ0v) is 10.8. The number of nitrogens with zero attached hydrogens (tertiary/aromatic N) is 1. The van der Waals surface area contributed by atoms with Crippen LogP contribution in [0.1, 0.15) is 12.5 Å². The topological polar surface area (TPSA) is 23.5 Å². The molecule has 19 heavy (non-hydrogen) atoms. The summed E-state index contributed by atoms with van der Waals surface area (Å²) in [4.78, 5) is 1.77. The maximum atomic E-state index is 13.0. The zero-order valence-electron chi connectivity index (χ0n) is 10.8. The Morgan fingerprint density at radius 3 is 2.42 bits per heavy atom. The minimum absolute atomic E-state index is 0.0462. The van der Waals surface area contributed by atoms with Crippen LogP contribution in [0.3, 0.4) is 0 Å². The highest BCUT2D eigenvalue weighted by atomic mass is 19.4. The van der Waals surface area contributed by atoms with Gasteiger partial charge in [-0.05, 0) is 5.56 Å². The number of likely N-dealkylation sites (tertiary alicyclic amines) is 1. The van der Waals surface area contributed by atoms with Gasteiger partial charge in [0.2, 0.25) is 0 Å². The van der Waals surface area contributed by atoms with Crippen LogP contribution in [0.15, 0.2) is 30.3 Å². The number of aliphatic hydroxyl groups excluding tert-OH is 1. The monoisotopic (exact) mass is 273 g/mol. The van der Waals surface area contributed by atoms with Crippen molar-refractivity contribution in [3.8, 4) is 0 Å². The van der Waals surface area contributed by atoms with E-state index in [1.807, 2.05) is 30.3 Å². The van der Waals surface area contributed by atoms with Gasteiger partial charge in [0.25, 0.3) is 0 Å². The fourth-order valence-electron chi connectivity index (χ4n) is 2.79. The first kappa shape index (κ1) is 14.3. The fraction of sp³-hybridized carbons (Fsp3) is 0.571. The summed E-state index contributed by atoms with van der Waals surface area (Å²) in [6, 6.07) is 9.42. The first-order chi connectivity index (χ1) is 8.85. The van der Waals surface area contributed by atoms with E-state index in [1.54, 1.807) is 4.90 Å². The Morgan fingerprint density at radius 2 is 1.95 bits per heavy atom. The summed E-state index contributed by atoms with van der Waals surface area (Å²) < 4.78 is 39.1. The molecule has 0 aliphatic carbocycles. The second kappa shape index (κ2) is 5.13. The molecule has 1 aliphatic rings. The Kier molecular flexibility index (Phi) is 3.87. The molecule has 0 spiro atoms. The van der Waals surface area contributed by atoms with Gasteiger partial charge in [0.15, 0.2) is 0 Å². The lowest BCUT2D eigenvalue weighted by atomic mass is 9.80. The lowest BCUT2D eigenvalue weighted by molar-refractivity contribution is -0.197. The molecule has 0 radical (unpaired) electrons. The number of benzene rings is 1. The van der Waals surface area contributed by atoms with Gasteiger partial charge in [0.1, 0.15) is 0 Å². The van der Waals surface area contributed by atoms with Gasteiger partial charge in [-0.25, -0.2) is 0 Å². The largest absolute Gasteiger partial charge is 0.396 e. The average molecular weight is 273 g/mol. The number of alkyl halides is 3. The van der Waals surface area contributed by atoms with Crippen molar-refractivity contribution in [2.24, 2.45) is 11.3 Å². The molecule has 0 saturated carbocycles. The second-order valence-corrected chi connectivity index (χ2v) is 5.56. The van der Waals surface area contributed by atoms with Crippen molar-refractivity contribution in [3.63, 3.8) is 0 Å². The van der Waals surface area contributed by atoms with E-state index in [9.17, 15) is 18.3 Å². The molecule has 1 fully saturated rings. The molecular formula is C14H18F3NO. The smallest absolute Gasteiger partial charge is 0.393 e. The number of aliphatic hydroxyl groups is 1. The molecule has 1 saturated heterocycles. The number of hydrogen-bond acceptors (Lipinski definition) is 2. The van der Waals surface area contributed by atoms with Crippen molar-refractivity contribution in [2.45, 2.75) is 19.6 Å². The molecule has 5 heteroatoms. The first-order valence-electron chi connectivity index (χ1n) is 6.29. The molecular weight excluding hydrogens is 255 g/mol. The molecule has 0 bridgehead atoms. The Hall–Kier alpha value is -1.07. The third-order valence-electron chi connectivity index (χ3n) is 3.87. The highest BCUT2D eigenvalue weighted by Crippen LogP contribution is 2.45. The Labute approximate surface area is 110 Å². The summed E-state index contributed by atoms with van der Waals surface area (Å²) in [7, 11) is 0. The van der Waals surface area contributed by atoms with Crippen LogP contribution in [0.2, 0.25) is 0 Å². The van der Waals surface area contributed by atoms with Crippen LogP contribution >= 0.6 is 0 Å². The third kappa shape index (κ3) is 3.09. The van der Waals surface area contributed by atoms with E-state index in [-0.39, 0.29) is 13.1 Å². The normalized spacial score (nSPS) is 28.8. The molecule has 1 aromatic carbocycles. The molecule has 0 aromatic heterocycles. The summed E-state index contributed by atoms with van der Waals surface area (Å²) in [5.74, 6) is -1.46. The van der Waals surface area contributed by atoms with E-state index in [1.165, 1.54) is 6.92 Å². The SMILES string of the molecule is C[C@@]1(CO)CN(Cc2ccccc2)C[C@H]1C(F)(F)F. The van der Waals surface area contributed by atoms with Gasteiger partial charge >= 0.3 is 6.18 Å². The predicted octanol–water partition coefficient (Wildman–Crippen LogP) is 2.68. The molecule has 1 N–H and O–H groups in total. The van der Waals surface area contributed by atoms with Crippen LogP contribution in [-0.2, 0) is 6.54 Å². The minimum atomic E-state index is -4.26. The van der Waals surface area contributed by atoms with Crippen LogP contribution < -0.4 is 0 Å². The molecule has 0 unspecified atom stereocenters. The van der Waals surface area contributed by atoms with Gasteiger partial charge in [0.05, 0.1) is 12.5 Å². The lowest BCUT2D eigenvalue weighted by Crippen LogP contribution is -2.39. The summed E-state index contributed by atoms with van der Waals surface area (Å²) in [6.07, 6.45) is -4.26. The molecule has 1 aromatic rings. The van der Waals surface area contributed by atoms with E-state index < -0.39 is 24.1 Å². The Bertz CT molecular complexity index is 420. The van der Waals surface area contributed by atoms with Crippen molar-refractivity contribution in [1.29, 1.82) is 0 Å². The number of rotatable bonds is 3. The van der Waals surface area contributed by atoms with Gasteiger partial charge in [-0.3, -0.25) is 4.90 Å². The van der Waals surface area contributed by atoms with E-state index in [4.69, 9.17) is 0 Å². The number of halogens is 3. The van der Waals surface area contributed by atoms with Crippen molar-refractivity contribution in [2.75, 3.05) is 19.7 Å². The summed E-state index contributed by atoms with van der Waals surface area (Å²) in [6.45, 7) is 1.78. The van der Waals surface area contributed by atoms with Crippen molar-refractivity contribution < 1.29 is 18.3 Å². The van der Waals surface area contributed by atoms with Gasteiger partial charge < -0.3 is 5.11 Å². The lowest BCUT2D eigenvalue weighted by Gasteiger charge is -2.29. The van der Waals surface area contributed by atoms with Gasteiger partial charge in [-0.1, -0.05) is 37.3 Å². The predicted molar refractivity (Wildman–Crippen MR) is 66.5 cm³/mol. The van der Waals surface area contributed by atoms with E-state index in [0.29, 0.717) is 6.54 Å². The second-order valence-electron chi connectivity index (χ2n) is 5.56. The fourth-order valence-corrected chi connectivity index (χ4v) is 2.79. The molecule has 2 rings (SSSR count). The molecule has 2 nitrogen and oxygen atoms in total. The molecule has 0 amide bonds. The van der Waals surface area contributed by atoms with Gasteiger partial charge in [-0.2, -0.15) is 13.2 Å². The van der Waals surface area contributed by atoms with Crippen LogP contribution in [0.25, 0.3) is 0 Å². The highest BCUT2D eigenvalue weighted by Gasteiger charge is 2.55. The summed E-state index contributed by atoms with van der Waals surface area (Å²) >= 11 is 0. The Morgan fingerprint density at radius 1 is 1.32 bits per heavy atom. The van der Waals surface area contributed by atoms with Gasteiger partial charge in [-0.15, -0.1) is 0 Å². The van der Waals surface area contributed by atoms with Crippen molar-refractivity contribution in [3.05, 3.63) is 35.9 Å². The van der Waals surface area contributed by atoms with E-state index in [2.05, 4.69) is 0 Å². The maximum Gasteiger partial charge on any atom is 0.393 e. The zero-order chi connectivity index (χ0) is 14.1. The third-order valence-corrected chi connectivity index (χ3v) is 3.87. The highest BCUT2D eigenvalue weighted by molar-refractivity contribution is 5.15. The van der Waals surface area contributed by atoms with Crippen LogP contribution in [-0.4, -0.2) is 35.9 Å². The van der Waals surface area contributed by atoms with Crippen LogP contribution in [0.5, 0.6) is 0 Å². The summed E-state index contributed by atoms with van der Waals surface area (Å²) in [5, 5.41) is 9.32. The van der Waals surface area contributed by atoms with Crippen molar-refractivity contribution >= 4 is 0 Å². The van der Waals surface area contributed by atoms with Gasteiger partial charge in [0, 0.05) is 25.0 Å². The standard InChI is InChI=1S/C14H18F3NO/c1-13(10-19)9-18(8-12(13)14(15,16)17)7-11-5-3-2-4-6-11/h2-6,12,19H,7-10H2,1H3/t12-,13+/m1/s1. The molecule has 1 aliphatic heterocycles. The molecule has 106 valence electrons. The first-order valence-corrected chi connectivity index (χ1v) is 6.29. The molecule has 1 heterocycles. The minimum Gasteiger partial charge on any atom is -0.396 e. The van der Waals surface area contributed by atoms with E-state index in [0.717, 1.165) is 5.56 Å². The van der Waals surface area contributed by atoms with E-state index >= 15 is 0 Å². The number of hydrogen-bond donors (Lipinski definition) is 1. The van der Waals surface area contributed by atoms with Crippen LogP contribution in [0.4, 0.5) is 13.2 Å².